The van der Waals surface area contributed by atoms with Gasteiger partial charge in [-0.1, -0.05) is 13.8 Å². The molecular weight excluding hydrogens is 216 g/mol. The highest BCUT2D eigenvalue weighted by molar-refractivity contribution is 5.75. The highest BCUT2D eigenvalue weighted by atomic mass is 16.5. The molecule has 1 amide bonds. The fourth-order valence-corrected chi connectivity index (χ4v) is 1.21. The zero-order chi connectivity index (χ0) is 13.3. The molecule has 0 bridgehead atoms. The first kappa shape index (κ1) is 16.4. The van der Waals surface area contributed by atoms with Crippen molar-refractivity contribution < 1.29 is 9.53 Å². The van der Waals surface area contributed by atoms with Gasteiger partial charge in [-0.05, 0) is 32.6 Å². The molecule has 0 unspecified atom stereocenters. The first-order chi connectivity index (χ1) is 7.81. The number of rotatable bonds is 9. The van der Waals surface area contributed by atoms with E-state index < -0.39 is 0 Å². The van der Waals surface area contributed by atoms with Crippen LogP contribution in [0.25, 0.3) is 0 Å². The Hall–Kier alpha value is -0.610. The van der Waals surface area contributed by atoms with Crippen LogP contribution >= 0.6 is 0 Å². The van der Waals surface area contributed by atoms with Crippen molar-refractivity contribution in [1.29, 1.82) is 0 Å². The lowest BCUT2D eigenvalue weighted by Gasteiger charge is -2.17. The second-order valence-corrected chi connectivity index (χ2v) is 5.63. The minimum atomic E-state index is -0.273. The van der Waals surface area contributed by atoms with Crippen molar-refractivity contribution in [2.75, 3.05) is 19.8 Å². The molecule has 0 aromatic heterocycles. The van der Waals surface area contributed by atoms with Gasteiger partial charge in [0, 0.05) is 25.1 Å². The number of hydrogen-bond donors (Lipinski definition) is 2. The van der Waals surface area contributed by atoms with E-state index in [0.717, 1.165) is 13.0 Å². The fourth-order valence-electron chi connectivity index (χ4n) is 1.21. The average molecular weight is 244 g/mol. The molecule has 0 rings (SSSR count). The Morgan fingerprint density at radius 1 is 1.35 bits per heavy atom. The molecule has 0 aliphatic rings. The molecule has 0 aliphatic heterocycles. The molecule has 0 radical (unpaired) electrons. The van der Waals surface area contributed by atoms with Crippen LogP contribution < -0.4 is 11.1 Å². The van der Waals surface area contributed by atoms with Crippen LogP contribution in [0.1, 0.15) is 47.0 Å². The Kier molecular flexibility index (Phi) is 8.17. The first-order valence-electron chi connectivity index (χ1n) is 6.44. The van der Waals surface area contributed by atoms with Gasteiger partial charge >= 0.3 is 0 Å². The third-order valence-electron chi connectivity index (χ3n) is 2.40. The lowest BCUT2D eigenvalue weighted by Crippen LogP contribution is -2.35. The molecule has 0 aliphatic carbocycles. The maximum atomic E-state index is 11.4. The molecule has 0 saturated carbocycles. The molecule has 102 valence electrons. The summed E-state index contributed by atoms with van der Waals surface area (Å²) in [6, 6.07) is 0. The predicted octanol–water partition coefficient (Wildman–Crippen LogP) is 1.68. The van der Waals surface area contributed by atoms with Crippen molar-refractivity contribution in [1.82, 2.24) is 5.32 Å². The van der Waals surface area contributed by atoms with Gasteiger partial charge in [-0.25, -0.2) is 0 Å². The Bertz CT molecular complexity index is 210. The van der Waals surface area contributed by atoms with Gasteiger partial charge in [0.2, 0.25) is 5.91 Å². The van der Waals surface area contributed by atoms with Crippen molar-refractivity contribution in [3.05, 3.63) is 0 Å². The monoisotopic (exact) mass is 244 g/mol. The van der Waals surface area contributed by atoms with Crippen LogP contribution in [0.3, 0.4) is 0 Å². The number of carbonyl (C=O) groups excluding carboxylic acids is 1. The maximum absolute atomic E-state index is 11.4. The normalized spacial score (nSPS) is 11.9. The summed E-state index contributed by atoms with van der Waals surface area (Å²) in [6.07, 6.45) is 2.25. The van der Waals surface area contributed by atoms with Crippen LogP contribution in [0.5, 0.6) is 0 Å². The summed E-state index contributed by atoms with van der Waals surface area (Å²) in [7, 11) is 0. The van der Waals surface area contributed by atoms with Crippen LogP contribution in [0.2, 0.25) is 0 Å². The van der Waals surface area contributed by atoms with Crippen LogP contribution in [0, 0.1) is 5.92 Å². The lowest BCUT2D eigenvalue weighted by molar-refractivity contribution is -0.121. The SMILES string of the molecule is CC(C)CCOCCNC(=O)CCC(C)(C)N. The van der Waals surface area contributed by atoms with Crippen molar-refractivity contribution >= 4 is 5.91 Å². The standard InChI is InChI=1S/C13H28N2O2/c1-11(2)6-9-17-10-8-15-12(16)5-7-13(3,4)14/h11H,5-10,14H2,1-4H3,(H,15,16). The summed E-state index contributed by atoms with van der Waals surface area (Å²) in [5.41, 5.74) is 5.53. The summed E-state index contributed by atoms with van der Waals surface area (Å²) < 4.78 is 5.40. The van der Waals surface area contributed by atoms with Gasteiger partial charge in [0.15, 0.2) is 0 Å². The number of hydrogen-bond acceptors (Lipinski definition) is 3. The quantitative estimate of drug-likeness (QED) is 0.607. The summed E-state index contributed by atoms with van der Waals surface area (Å²) in [6.45, 7) is 10.1. The smallest absolute Gasteiger partial charge is 0.220 e. The molecule has 0 fully saturated rings. The first-order valence-corrected chi connectivity index (χ1v) is 6.44. The van der Waals surface area contributed by atoms with Crippen molar-refractivity contribution in [3.63, 3.8) is 0 Å². The van der Waals surface area contributed by atoms with Crippen LogP contribution in [0.15, 0.2) is 0 Å². The summed E-state index contributed by atoms with van der Waals surface area (Å²) in [5.74, 6) is 0.715. The minimum absolute atomic E-state index is 0.0518. The zero-order valence-electron chi connectivity index (χ0n) is 11.7. The molecule has 0 saturated heterocycles. The van der Waals surface area contributed by atoms with Gasteiger partial charge in [-0.3, -0.25) is 4.79 Å². The fraction of sp³-hybridized carbons (Fsp3) is 0.923. The van der Waals surface area contributed by atoms with Crippen molar-refractivity contribution in [3.8, 4) is 0 Å². The second kappa shape index (κ2) is 8.48. The van der Waals surface area contributed by atoms with Crippen LogP contribution in [0.4, 0.5) is 0 Å². The van der Waals surface area contributed by atoms with Gasteiger partial charge in [0.25, 0.3) is 0 Å². The second-order valence-electron chi connectivity index (χ2n) is 5.63. The Morgan fingerprint density at radius 3 is 2.53 bits per heavy atom. The molecule has 0 atom stereocenters. The Labute approximate surface area is 105 Å². The minimum Gasteiger partial charge on any atom is -0.380 e. The zero-order valence-corrected chi connectivity index (χ0v) is 11.7. The lowest BCUT2D eigenvalue weighted by atomic mass is 10.00. The number of ether oxygens (including phenoxy) is 1. The largest absolute Gasteiger partial charge is 0.380 e. The molecule has 4 heteroatoms. The van der Waals surface area contributed by atoms with Gasteiger partial charge in [0.1, 0.15) is 0 Å². The number of nitrogens with two attached hydrogens (primary N) is 1. The van der Waals surface area contributed by atoms with E-state index in [-0.39, 0.29) is 11.4 Å². The van der Waals surface area contributed by atoms with Gasteiger partial charge in [-0.2, -0.15) is 0 Å². The van der Waals surface area contributed by atoms with Crippen molar-refractivity contribution in [2.24, 2.45) is 11.7 Å². The maximum Gasteiger partial charge on any atom is 0.220 e. The molecule has 4 nitrogen and oxygen atoms in total. The van der Waals surface area contributed by atoms with E-state index in [2.05, 4.69) is 19.2 Å². The third kappa shape index (κ3) is 13.3. The van der Waals surface area contributed by atoms with E-state index in [9.17, 15) is 4.79 Å². The number of carbonyl (C=O) groups is 1. The predicted molar refractivity (Wildman–Crippen MR) is 70.8 cm³/mol. The van der Waals surface area contributed by atoms with Crippen LogP contribution in [-0.4, -0.2) is 31.2 Å². The van der Waals surface area contributed by atoms with Crippen LogP contribution in [-0.2, 0) is 9.53 Å². The van der Waals surface area contributed by atoms with Gasteiger partial charge in [0.05, 0.1) is 6.61 Å². The summed E-state index contributed by atoms with van der Waals surface area (Å²) in [4.78, 5) is 11.4. The average Bonchev–Trinajstić information content (AvgIpc) is 2.19. The number of nitrogens with one attached hydrogen (secondary N) is 1. The molecule has 3 N–H and O–H groups in total. The van der Waals surface area contributed by atoms with E-state index >= 15 is 0 Å². The van der Waals surface area contributed by atoms with E-state index in [0.29, 0.717) is 31.9 Å². The van der Waals surface area contributed by atoms with E-state index in [1.807, 2.05) is 13.8 Å². The van der Waals surface area contributed by atoms with E-state index in [4.69, 9.17) is 10.5 Å². The Morgan fingerprint density at radius 2 is 2.00 bits per heavy atom. The molecular formula is C13H28N2O2. The topological polar surface area (TPSA) is 64.3 Å². The molecule has 0 aromatic rings. The molecule has 0 aromatic carbocycles. The van der Waals surface area contributed by atoms with Crippen molar-refractivity contribution in [2.45, 2.75) is 52.5 Å². The number of amides is 1. The third-order valence-corrected chi connectivity index (χ3v) is 2.40. The molecule has 17 heavy (non-hydrogen) atoms. The van der Waals surface area contributed by atoms with E-state index in [1.165, 1.54) is 0 Å². The Balaban J connectivity index is 3.34. The highest BCUT2D eigenvalue weighted by Gasteiger charge is 2.12. The molecule has 0 spiro atoms. The molecule has 0 heterocycles. The van der Waals surface area contributed by atoms with Gasteiger partial charge in [-0.15, -0.1) is 0 Å². The summed E-state index contributed by atoms with van der Waals surface area (Å²) >= 11 is 0. The van der Waals surface area contributed by atoms with Gasteiger partial charge < -0.3 is 15.8 Å². The highest BCUT2D eigenvalue weighted by Crippen LogP contribution is 2.06. The summed E-state index contributed by atoms with van der Waals surface area (Å²) in [5, 5.41) is 2.82. The van der Waals surface area contributed by atoms with E-state index in [1.54, 1.807) is 0 Å².